The Balaban J connectivity index is 2.47. The predicted octanol–water partition coefficient (Wildman–Crippen LogP) is 1.18. The second-order valence-corrected chi connectivity index (χ2v) is 7.05. The van der Waals surface area contributed by atoms with Gasteiger partial charge in [0, 0.05) is 11.7 Å². The average molecular weight is 374 g/mol. The Morgan fingerprint density at radius 1 is 1.20 bits per heavy atom. The molecule has 9 heteroatoms. The lowest BCUT2D eigenvalue weighted by Gasteiger charge is -2.31. The summed E-state index contributed by atoms with van der Waals surface area (Å²) in [5.74, 6) is -1.71. The molecule has 1 rings (SSSR count). The van der Waals surface area contributed by atoms with Gasteiger partial charge in [-0.3, -0.25) is 24.5 Å². The molecule has 0 aromatic rings. The van der Waals surface area contributed by atoms with Crippen molar-refractivity contribution in [2.24, 2.45) is 5.92 Å². The Bertz CT molecular complexity index is 505. The summed E-state index contributed by atoms with van der Waals surface area (Å²) >= 11 is 0.932. The zero-order chi connectivity index (χ0) is 18.9. The Hall–Kier alpha value is -1.61. The summed E-state index contributed by atoms with van der Waals surface area (Å²) in [6.07, 6.45) is 2.98. The molecule has 0 aromatic heterocycles. The molecule has 25 heavy (non-hydrogen) atoms. The molecule has 8 nitrogen and oxygen atoms in total. The van der Waals surface area contributed by atoms with E-state index in [4.69, 9.17) is 9.84 Å². The number of nitrogens with one attached hydrogen (secondary N) is 2. The minimum atomic E-state index is -1.00. The summed E-state index contributed by atoms with van der Waals surface area (Å²) in [7, 11) is 0. The third kappa shape index (κ3) is 7.03. The molecule has 0 spiro atoms. The van der Waals surface area contributed by atoms with E-state index in [1.807, 2.05) is 0 Å². The van der Waals surface area contributed by atoms with Crippen molar-refractivity contribution in [1.29, 1.82) is 0 Å². The van der Waals surface area contributed by atoms with Crippen molar-refractivity contribution in [2.45, 2.75) is 45.1 Å². The van der Waals surface area contributed by atoms with Crippen molar-refractivity contribution < 1.29 is 29.0 Å². The van der Waals surface area contributed by atoms with Crippen molar-refractivity contribution >= 4 is 34.7 Å². The highest BCUT2D eigenvalue weighted by Gasteiger charge is 2.42. The van der Waals surface area contributed by atoms with Crippen LogP contribution in [0, 0.1) is 5.92 Å². The normalized spacial score (nSPS) is 16.9. The zero-order valence-electron chi connectivity index (χ0n) is 14.6. The highest BCUT2D eigenvalue weighted by Crippen LogP contribution is 2.33. The molecule has 0 bridgehead atoms. The minimum Gasteiger partial charge on any atom is -0.480 e. The Labute approximate surface area is 151 Å². The van der Waals surface area contributed by atoms with Gasteiger partial charge >= 0.3 is 11.9 Å². The molecule has 142 valence electrons. The van der Waals surface area contributed by atoms with E-state index in [0.29, 0.717) is 12.8 Å². The third-order valence-corrected chi connectivity index (χ3v) is 5.17. The summed E-state index contributed by atoms with van der Waals surface area (Å²) in [4.78, 5) is 46.5. The Kier molecular flexibility index (Phi) is 8.91. The fourth-order valence-corrected chi connectivity index (χ4v) is 3.62. The number of amides is 1. The molecule has 1 aliphatic rings. The molecule has 1 amide bonds. The third-order valence-electron chi connectivity index (χ3n) is 4.10. The number of esters is 1. The largest absolute Gasteiger partial charge is 0.480 e. The average Bonchev–Trinajstić information content (AvgIpc) is 3.05. The van der Waals surface area contributed by atoms with Crippen molar-refractivity contribution in [2.75, 3.05) is 25.4 Å². The van der Waals surface area contributed by atoms with Crippen LogP contribution < -0.4 is 10.6 Å². The smallest absolute Gasteiger partial charge is 0.325 e. The van der Waals surface area contributed by atoms with Gasteiger partial charge in [-0.05, 0) is 19.8 Å². The van der Waals surface area contributed by atoms with E-state index in [2.05, 4.69) is 10.6 Å². The number of thioether (sulfide) groups is 1. The lowest BCUT2D eigenvalue weighted by molar-refractivity contribution is -0.142. The summed E-state index contributed by atoms with van der Waals surface area (Å²) in [5.41, 5.74) is -0.806. The molecule has 1 fully saturated rings. The van der Waals surface area contributed by atoms with Gasteiger partial charge in [-0.25, -0.2) is 0 Å². The van der Waals surface area contributed by atoms with Crippen LogP contribution >= 0.6 is 11.8 Å². The van der Waals surface area contributed by atoms with Gasteiger partial charge in [0.05, 0.1) is 18.7 Å². The number of ketones is 1. The molecule has 0 aromatic carbocycles. The first-order valence-corrected chi connectivity index (χ1v) is 9.36. The lowest BCUT2D eigenvalue weighted by atomic mass is 9.85. The van der Waals surface area contributed by atoms with Crippen LogP contribution in [-0.2, 0) is 19.1 Å². The van der Waals surface area contributed by atoms with Crippen LogP contribution in [0.15, 0.2) is 0 Å². The summed E-state index contributed by atoms with van der Waals surface area (Å²) < 4.78 is 4.71. The number of rotatable bonds is 10. The molecule has 0 aliphatic heterocycles. The van der Waals surface area contributed by atoms with E-state index in [1.54, 1.807) is 13.8 Å². The van der Waals surface area contributed by atoms with Crippen molar-refractivity contribution in [3.8, 4) is 0 Å². The minimum absolute atomic E-state index is 0.0584. The quantitative estimate of drug-likeness (QED) is 0.487. The zero-order valence-corrected chi connectivity index (χ0v) is 15.4. The van der Waals surface area contributed by atoms with Crippen molar-refractivity contribution in [3.05, 3.63) is 0 Å². The highest BCUT2D eigenvalue weighted by molar-refractivity contribution is 8.13. The number of hydrogen-bond acceptors (Lipinski definition) is 7. The van der Waals surface area contributed by atoms with Crippen LogP contribution in [0.5, 0.6) is 0 Å². The van der Waals surface area contributed by atoms with Gasteiger partial charge in [0.2, 0.25) is 0 Å². The number of ether oxygens (including phenoxy) is 1. The van der Waals surface area contributed by atoms with Gasteiger partial charge in [-0.1, -0.05) is 31.5 Å². The molecule has 0 radical (unpaired) electrons. The van der Waals surface area contributed by atoms with Gasteiger partial charge in [-0.2, -0.15) is 0 Å². The van der Waals surface area contributed by atoms with Crippen molar-refractivity contribution in [1.82, 2.24) is 10.6 Å². The van der Waals surface area contributed by atoms with Crippen LogP contribution in [0.1, 0.15) is 39.5 Å². The maximum atomic E-state index is 12.8. The first kappa shape index (κ1) is 21.4. The van der Waals surface area contributed by atoms with Crippen molar-refractivity contribution in [3.63, 3.8) is 0 Å². The predicted molar refractivity (Wildman–Crippen MR) is 93.5 cm³/mol. The monoisotopic (exact) mass is 374 g/mol. The van der Waals surface area contributed by atoms with E-state index in [-0.39, 0.29) is 31.2 Å². The second kappa shape index (κ2) is 10.4. The summed E-state index contributed by atoms with van der Waals surface area (Å²) in [6, 6.07) is 0. The van der Waals surface area contributed by atoms with Gasteiger partial charge in [-0.15, -0.1) is 0 Å². The summed E-state index contributed by atoms with van der Waals surface area (Å²) in [5, 5.41) is 13.8. The molecule has 1 aliphatic carbocycles. The summed E-state index contributed by atoms with van der Waals surface area (Å²) in [6.45, 7) is 3.20. The van der Waals surface area contributed by atoms with Crippen LogP contribution in [0.4, 0.5) is 4.79 Å². The van der Waals surface area contributed by atoms with Crippen LogP contribution in [0.25, 0.3) is 0 Å². The number of carbonyl (C=O) groups excluding carboxylic acids is 3. The van der Waals surface area contributed by atoms with Crippen LogP contribution in [0.2, 0.25) is 0 Å². The molecule has 0 saturated heterocycles. The maximum Gasteiger partial charge on any atom is 0.325 e. The molecule has 1 unspecified atom stereocenters. The number of aliphatic carboxylic acids is 1. The molecule has 1 atom stereocenters. The first-order valence-electron chi connectivity index (χ1n) is 8.38. The van der Waals surface area contributed by atoms with E-state index >= 15 is 0 Å². The Morgan fingerprint density at radius 2 is 1.84 bits per heavy atom. The first-order chi connectivity index (χ1) is 11.8. The van der Waals surface area contributed by atoms with Gasteiger partial charge in [0.25, 0.3) is 5.24 Å². The standard InChI is InChI=1S/C16H26N2O6S/c1-3-24-13(21)9-17-15(23)25-10-11(2)14(22)16(6-4-5-7-16)18-8-12(19)20/h11,18H,3-10H2,1-2H3,(H,17,23)(H,19,20). The number of hydrogen-bond donors (Lipinski definition) is 3. The molecule has 3 N–H and O–H groups in total. The van der Waals surface area contributed by atoms with E-state index in [1.165, 1.54) is 0 Å². The molecular formula is C16H26N2O6S. The maximum absolute atomic E-state index is 12.8. The van der Waals surface area contributed by atoms with Gasteiger partial charge < -0.3 is 15.2 Å². The molecular weight excluding hydrogens is 348 g/mol. The second-order valence-electron chi connectivity index (χ2n) is 6.06. The SMILES string of the molecule is CCOC(=O)CNC(=O)SCC(C)C(=O)C1(NCC(=O)O)CCCC1. The number of carboxylic acids is 1. The van der Waals surface area contributed by atoms with Crippen LogP contribution in [0.3, 0.4) is 0 Å². The number of carbonyl (C=O) groups is 4. The number of Topliss-reactive ketones (excluding diaryl/α,β-unsaturated/α-hetero) is 1. The highest BCUT2D eigenvalue weighted by atomic mass is 32.2. The van der Waals surface area contributed by atoms with E-state index in [9.17, 15) is 19.2 Å². The van der Waals surface area contributed by atoms with Gasteiger partial charge in [0.15, 0.2) is 5.78 Å². The van der Waals surface area contributed by atoms with Gasteiger partial charge in [0.1, 0.15) is 6.54 Å². The molecule has 1 saturated carbocycles. The Morgan fingerprint density at radius 3 is 2.40 bits per heavy atom. The fraction of sp³-hybridized carbons (Fsp3) is 0.750. The van der Waals surface area contributed by atoms with E-state index < -0.39 is 28.6 Å². The fourth-order valence-electron chi connectivity index (χ4n) is 2.89. The topological polar surface area (TPSA) is 122 Å². The molecule has 0 heterocycles. The lowest BCUT2D eigenvalue weighted by Crippen LogP contribution is -2.53. The van der Waals surface area contributed by atoms with E-state index in [0.717, 1.165) is 24.6 Å². The van der Waals surface area contributed by atoms with Crippen LogP contribution in [-0.4, -0.2) is 59.1 Å². The number of carboxylic acid groups (broad SMARTS) is 1.